The van der Waals surface area contributed by atoms with Crippen molar-refractivity contribution in [1.82, 2.24) is 10.6 Å². The first-order valence-electron chi connectivity index (χ1n) is 3.54. The lowest BCUT2D eigenvalue weighted by Crippen LogP contribution is -2.40. The Morgan fingerprint density at radius 2 is 2.20 bits per heavy atom. The van der Waals surface area contributed by atoms with E-state index in [0.29, 0.717) is 13.0 Å². The quantitative estimate of drug-likeness (QED) is 0.520. The summed E-state index contributed by atoms with van der Waals surface area (Å²) in [5.41, 5.74) is 1.88. The van der Waals surface area contributed by atoms with E-state index in [9.17, 15) is 4.79 Å². The maximum atomic E-state index is 10.9. The van der Waals surface area contributed by atoms with Gasteiger partial charge < -0.3 is 0 Å². The molecule has 0 aliphatic carbocycles. The van der Waals surface area contributed by atoms with Crippen molar-refractivity contribution >= 4 is 5.91 Å². The molecule has 0 saturated carbocycles. The summed E-state index contributed by atoms with van der Waals surface area (Å²) in [7, 11) is 0. The van der Waals surface area contributed by atoms with E-state index in [4.69, 9.17) is 5.21 Å². The minimum absolute atomic E-state index is 0.0139. The number of nitrogens with zero attached hydrogens (tertiary/aromatic N) is 1. The zero-order chi connectivity index (χ0) is 7.40. The lowest BCUT2D eigenvalue weighted by atomic mass is 10.2. The Kier molecular flexibility index (Phi) is 2.65. The maximum absolute atomic E-state index is 10.9. The Morgan fingerprint density at radius 1 is 1.40 bits per heavy atom. The van der Waals surface area contributed by atoms with Gasteiger partial charge in [-0.1, -0.05) is 6.42 Å². The van der Waals surface area contributed by atoms with Crippen LogP contribution in [-0.2, 0) is 4.79 Å². The zero-order valence-electron chi connectivity index (χ0n) is 5.84. The molecule has 1 aliphatic heterocycles. The SMILES string of the molecule is O=C1CCCCCN1NO. The van der Waals surface area contributed by atoms with Crippen molar-refractivity contribution < 1.29 is 10.0 Å². The summed E-state index contributed by atoms with van der Waals surface area (Å²) in [5, 5.41) is 9.70. The predicted octanol–water partition coefficient (Wildman–Crippen LogP) is 0.283. The molecule has 0 atom stereocenters. The van der Waals surface area contributed by atoms with Crippen LogP contribution in [0, 0.1) is 0 Å². The third-order valence-electron chi connectivity index (χ3n) is 1.69. The van der Waals surface area contributed by atoms with Crippen LogP contribution in [0.3, 0.4) is 0 Å². The number of hydrogen-bond donors (Lipinski definition) is 2. The van der Waals surface area contributed by atoms with Gasteiger partial charge in [-0.3, -0.25) is 15.0 Å². The highest BCUT2D eigenvalue weighted by Crippen LogP contribution is 2.08. The summed E-state index contributed by atoms with van der Waals surface area (Å²) >= 11 is 0. The molecule has 4 nitrogen and oxygen atoms in total. The molecule has 0 radical (unpaired) electrons. The van der Waals surface area contributed by atoms with Crippen LogP contribution >= 0.6 is 0 Å². The molecule has 0 spiro atoms. The van der Waals surface area contributed by atoms with Crippen molar-refractivity contribution in [3.8, 4) is 0 Å². The average molecular weight is 144 g/mol. The second-order valence-corrected chi connectivity index (χ2v) is 2.46. The van der Waals surface area contributed by atoms with Gasteiger partial charge in [0, 0.05) is 13.0 Å². The van der Waals surface area contributed by atoms with Crippen molar-refractivity contribution in [2.24, 2.45) is 0 Å². The molecule has 0 aromatic heterocycles. The summed E-state index contributed by atoms with van der Waals surface area (Å²) in [5.74, 6) is -0.0139. The lowest BCUT2D eigenvalue weighted by Gasteiger charge is -2.16. The fourth-order valence-corrected chi connectivity index (χ4v) is 1.09. The van der Waals surface area contributed by atoms with E-state index >= 15 is 0 Å². The van der Waals surface area contributed by atoms with Crippen LogP contribution < -0.4 is 5.59 Å². The summed E-state index contributed by atoms with van der Waals surface area (Å²) in [6, 6.07) is 0. The van der Waals surface area contributed by atoms with Crippen molar-refractivity contribution in [2.45, 2.75) is 25.7 Å². The molecule has 1 saturated heterocycles. The largest absolute Gasteiger partial charge is 0.297 e. The van der Waals surface area contributed by atoms with Crippen molar-refractivity contribution in [3.63, 3.8) is 0 Å². The van der Waals surface area contributed by atoms with Gasteiger partial charge >= 0.3 is 0 Å². The van der Waals surface area contributed by atoms with Gasteiger partial charge in [-0.05, 0) is 12.8 Å². The lowest BCUT2D eigenvalue weighted by molar-refractivity contribution is -0.143. The number of carbonyl (C=O) groups is 1. The van der Waals surface area contributed by atoms with Crippen LogP contribution in [0.5, 0.6) is 0 Å². The fraction of sp³-hybridized carbons (Fsp3) is 0.833. The smallest absolute Gasteiger partial charge is 0.238 e. The molecule has 4 heteroatoms. The van der Waals surface area contributed by atoms with Gasteiger partial charge in [0.25, 0.3) is 0 Å². The van der Waals surface area contributed by atoms with Gasteiger partial charge in [-0.25, -0.2) is 0 Å². The van der Waals surface area contributed by atoms with Gasteiger partial charge in [0.2, 0.25) is 5.91 Å². The fourth-order valence-electron chi connectivity index (χ4n) is 1.09. The normalized spacial score (nSPS) is 20.9. The second kappa shape index (κ2) is 3.53. The highest BCUT2D eigenvalue weighted by Gasteiger charge is 2.14. The Balaban J connectivity index is 2.43. The van der Waals surface area contributed by atoms with Gasteiger partial charge in [-0.15, -0.1) is 5.59 Å². The highest BCUT2D eigenvalue weighted by molar-refractivity contribution is 5.75. The number of amides is 1. The Hall–Kier alpha value is -0.610. The van der Waals surface area contributed by atoms with Crippen LogP contribution in [-0.4, -0.2) is 22.7 Å². The summed E-state index contributed by atoms with van der Waals surface area (Å²) < 4.78 is 0. The Bertz CT molecular complexity index is 127. The molecule has 1 fully saturated rings. The van der Waals surface area contributed by atoms with Crippen molar-refractivity contribution in [1.29, 1.82) is 0 Å². The molecule has 1 aliphatic rings. The summed E-state index contributed by atoms with van der Waals surface area (Å²) in [6.07, 6.45) is 3.54. The molecule has 1 amide bonds. The first-order valence-corrected chi connectivity index (χ1v) is 3.54. The van der Waals surface area contributed by atoms with Crippen LogP contribution in [0.1, 0.15) is 25.7 Å². The molecule has 10 heavy (non-hydrogen) atoms. The molecule has 0 unspecified atom stereocenters. The Morgan fingerprint density at radius 3 is 2.90 bits per heavy atom. The minimum Gasteiger partial charge on any atom is -0.297 e. The first-order chi connectivity index (χ1) is 4.84. The van der Waals surface area contributed by atoms with Crippen molar-refractivity contribution in [2.75, 3.05) is 6.54 Å². The van der Waals surface area contributed by atoms with Crippen molar-refractivity contribution in [3.05, 3.63) is 0 Å². The number of nitrogens with one attached hydrogen (secondary N) is 1. The molecule has 1 rings (SSSR count). The predicted molar refractivity (Wildman–Crippen MR) is 35.1 cm³/mol. The topological polar surface area (TPSA) is 52.6 Å². The first kappa shape index (κ1) is 7.50. The third kappa shape index (κ3) is 1.68. The van der Waals surface area contributed by atoms with Gasteiger partial charge in [0.05, 0.1) is 0 Å². The number of carbonyl (C=O) groups excluding carboxylic acids is 1. The average Bonchev–Trinajstić information content (AvgIpc) is 2.13. The van der Waals surface area contributed by atoms with Gasteiger partial charge in [-0.2, -0.15) is 0 Å². The van der Waals surface area contributed by atoms with Gasteiger partial charge in [0.1, 0.15) is 0 Å². The molecule has 0 aromatic rings. The molecular weight excluding hydrogens is 132 g/mol. The van der Waals surface area contributed by atoms with E-state index in [-0.39, 0.29) is 5.91 Å². The number of hydrazine groups is 1. The second-order valence-electron chi connectivity index (χ2n) is 2.46. The Labute approximate surface area is 59.7 Å². The molecule has 2 N–H and O–H groups in total. The summed E-state index contributed by atoms with van der Waals surface area (Å²) in [6.45, 7) is 0.620. The minimum atomic E-state index is -0.0139. The summed E-state index contributed by atoms with van der Waals surface area (Å²) in [4.78, 5) is 10.9. The van der Waals surface area contributed by atoms with E-state index in [1.54, 1.807) is 0 Å². The zero-order valence-corrected chi connectivity index (χ0v) is 5.84. The van der Waals surface area contributed by atoms with E-state index in [0.717, 1.165) is 19.3 Å². The number of rotatable bonds is 1. The van der Waals surface area contributed by atoms with E-state index in [1.165, 1.54) is 5.01 Å². The third-order valence-corrected chi connectivity index (χ3v) is 1.69. The van der Waals surface area contributed by atoms with Crippen LogP contribution in [0.15, 0.2) is 0 Å². The van der Waals surface area contributed by atoms with Crippen LogP contribution in [0.2, 0.25) is 0 Å². The maximum Gasteiger partial charge on any atom is 0.238 e. The molecule has 0 bridgehead atoms. The molecule has 1 heterocycles. The van der Waals surface area contributed by atoms with Crippen LogP contribution in [0.25, 0.3) is 0 Å². The molecule has 58 valence electrons. The highest BCUT2D eigenvalue weighted by atomic mass is 16.5. The monoisotopic (exact) mass is 144 g/mol. The van der Waals surface area contributed by atoms with Crippen LogP contribution in [0.4, 0.5) is 0 Å². The van der Waals surface area contributed by atoms with E-state index in [1.807, 2.05) is 5.59 Å². The van der Waals surface area contributed by atoms with Gasteiger partial charge in [0.15, 0.2) is 0 Å². The van der Waals surface area contributed by atoms with E-state index in [2.05, 4.69) is 0 Å². The van der Waals surface area contributed by atoms with E-state index < -0.39 is 0 Å². The number of hydrogen-bond acceptors (Lipinski definition) is 3. The molecular formula is C6H12N2O2. The standard InChI is InChI=1S/C6H12N2O2/c9-6-4-2-1-3-5-8(6)7-10/h7,10H,1-5H2. The molecule has 0 aromatic carbocycles.